The Kier molecular flexibility index (Phi) is 5.68. The van der Waals surface area contributed by atoms with E-state index < -0.39 is 6.10 Å². The zero-order valence-electron chi connectivity index (χ0n) is 12.3. The van der Waals surface area contributed by atoms with Gasteiger partial charge in [0.25, 0.3) is 0 Å². The van der Waals surface area contributed by atoms with Crippen LogP contribution in [0.1, 0.15) is 26.2 Å². The molecule has 0 aromatic heterocycles. The summed E-state index contributed by atoms with van der Waals surface area (Å²) in [5.74, 6) is 2.26. The van der Waals surface area contributed by atoms with Gasteiger partial charge in [0.05, 0.1) is 7.11 Å². The highest BCUT2D eigenvalue weighted by Gasteiger charge is 2.23. The van der Waals surface area contributed by atoms with Gasteiger partial charge in [-0.25, -0.2) is 0 Å². The van der Waals surface area contributed by atoms with Crippen LogP contribution in [0.15, 0.2) is 24.3 Å². The molecule has 1 aromatic rings. The van der Waals surface area contributed by atoms with Crippen LogP contribution in [-0.2, 0) is 0 Å². The first-order chi connectivity index (χ1) is 9.69. The molecule has 1 saturated carbocycles. The van der Waals surface area contributed by atoms with Crippen LogP contribution in [0.2, 0.25) is 0 Å². The van der Waals surface area contributed by atoms with Crippen molar-refractivity contribution in [3.8, 4) is 11.5 Å². The molecule has 0 spiro atoms. The molecule has 1 fully saturated rings. The first-order valence-corrected chi connectivity index (χ1v) is 7.37. The third-order valence-electron chi connectivity index (χ3n) is 3.98. The summed E-state index contributed by atoms with van der Waals surface area (Å²) in [5, 5.41) is 13.4. The van der Waals surface area contributed by atoms with E-state index in [9.17, 15) is 5.11 Å². The lowest BCUT2D eigenvalue weighted by atomic mass is 10.1. The molecule has 0 bridgehead atoms. The smallest absolute Gasteiger partial charge is 0.119 e. The minimum atomic E-state index is -0.482. The number of hydrogen-bond acceptors (Lipinski definition) is 4. The van der Waals surface area contributed by atoms with E-state index >= 15 is 0 Å². The van der Waals surface area contributed by atoms with E-state index in [1.165, 1.54) is 19.3 Å². The Balaban J connectivity index is 1.67. The number of hydrogen-bond donors (Lipinski definition) is 2. The van der Waals surface area contributed by atoms with Gasteiger partial charge < -0.3 is 19.9 Å². The Morgan fingerprint density at radius 2 is 1.95 bits per heavy atom. The van der Waals surface area contributed by atoms with Gasteiger partial charge in [0.1, 0.15) is 24.2 Å². The molecule has 0 amide bonds. The molecule has 3 atom stereocenters. The lowest BCUT2D eigenvalue weighted by Gasteiger charge is -2.20. The van der Waals surface area contributed by atoms with Gasteiger partial charge >= 0.3 is 0 Å². The first-order valence-electron chi connectivity index (χ1n) is 7.37. The van der Waals surface area contributed by atoms with Crippen LogP contribution < -0.4 is 14.8 Å². The molecule has 1 aliphatic rings. The van der Waals surface area contributed by atoms with Crippen molar-refractivity contribution in [3.63, 3.8) is 0 Å². The summed E-state index contributed by atoms with van der Waals surface area (Å²) in [7, 11) is 1.63. The zero-order valence-corrected chi connectivity index (χ0v) is 12.3. The highest BCUT2D eigenvalue weighted by Crippen LogP contribution is 2.24. The van der Waals surface area contributed by atoms with Gasteiger partial charge in [-0.05, 0) is 43.0 Å². The molecule has 0 heterocycles. The van der Waals surface area contributed by atoms with E-state index in [2.05, 4.69) is 12.2 Å². The summed E-state index contributed by atoms with van der Waals surface area (Å²) in [6.07, 6.45) is 3.31. The maximum atomic E-state index is 9.95. The predicted molar refractivity (Wildman–Crippen MR) is 79.3 cm³/mol. The van der Waals surface area contributed by atoms with Crippen molar-refractivity contribution < 1.29 is 14.6 Å². The Morgan fingerprint density at radius 3 is 2.55 bits per heavy atom. The second kappa shape index (κ2) is 7.50. The fourth-order valence-corrected chi connectivity index (χ4v) is 2.66. The number of nitrogens with one attached hydrogen (secondary N) is 1. The van der Waals surface area contributed by atoms with Gasteiger partial charge in [0.2, 0.25) is 0 Å². The third kappa shape index (κ3) is 4.39. The molecule has 1 aliphatic carbocycles. The van der Waals surface area contributed by atoms with E-state index in [4.69, 9.17) is 9.47 Å². The molecule has 0 aliphatic heterocycles. The second-order valence-electron chi connectivity index (χ2n) is 5.56. The summed E-state index contributed by atoms with van der Waals surface area (Å²) >= 11 is 0. The molecule has 4 nitrogen and oxygen atoms in total. The molecule has 20 heavy (non-hydrogen) atoms. The van der Waals surface area contributed by atoms with Crippen LogP contribution in [0.4, 0.5) is 0 Å². The van der Waals surface area contributed by atoms with Crippen LogP contribution in [0, 0.1) is 5.92 Å². The molecule has 0 saturated heterocycles. The highest BCUT2D eigenvalue weighted by molar-refractivity contribution is 5.31. The lowest BCUT2D eigenvalue weighted by molar-refractivity contribution is 0.102. The fourth-order valence-electron chi connectivity index (χ4n) is 2.66. The minimum absolute atomic E-state index is 0.306. The van der Waals surface area contributed by atoms with Crippen LogP contribution in [0.3, 0.4) is 0 Å². The van der Waals surface area contributed by atoms with E-state index in [-0.39, 0.29) is 0 Å². The summed E-state index contributed by atoms with van der Waals surface area (Å²) in [4.78, 5) is 0. The Hall–Kier alpha value is -1.26. The quantitative estimate of drug-likeness (QED) is 0.803. The van der Waals surface area contributed by atoms with Crippen LogP contribution in [-0.4, -0.2) is 37.5 Å². The second-order valence-corrected chi connectivity index (χ2v) is 5.56. The zero-order chi connectivity index (χ0) is 14.4. The maximum absolute atomic E-state index is 9.95. The Labute approximate surface area is 121 Å². The van der Waals surface area contributed by atoms with Gasteiger partial charge in [0.15, 0.2) is 0 Å². The van der Waals surface area contributed by atoms with Crippen LogP contribution in [0.5, 0.6) is 11.5 Å². The minimum Gasteiger partial charge on any atom is -0.497 e. The van der Waals surface area contributed by atoms with Crippen molar-refractivity contribution in [1.29, 1.82) is 0 Å². The summed E-state index contributed by atoms with van der Waals surface area (Å²) in [5.41, 5.74) is 0. The number of aliphatic hydroxyl groups is 1. The number of rotatable bonds is 7. The van der Waals surface area contributed by atoms with E-state index in [1.54, 1.807) is 7.11 Å². The molecule has 1 aromatic carbocycles. The van der Waals surface area contributed by atoms with E-state index in [0.29, 0.717) is 25.1 Å². The number of benzene rings is 1. The van der Waals surface area contributed by atoms with Crippen molar-refractivity contribution >= 4 is 0 Å². The first kappa shape index (κ1) is 15.1. The fraction of sp³-hybridized carbons (Fsp3) is 0.625. The normalized spacial score (nSPS) is 23.6. The lowest BCUT2D eigenvalue weighted by Crippen LogP contribution is -2.39. The van der Waals surface area contributed by atoms with Gasteiger partial charge in [-0.1, -0.05) is 13.3 Å². The average Bonchev–Trinajstić information content (AvgIpc) is 2.89. The Morgan fingerprint density at radius 1 is 1.25 bits per heavy atom. The molecular formula is C16H25NO3. The van der Waals surface area contributed by atoms with Crippen molar-refractivity contribution in [1.82, 2.24) is 5.32 Å². The molecular weight excluding hydrogens is 254 g/mol. The molecule has 0 radical (unpaired) electrons. The summed E-state index contributed by atoms with van der Waals surface area (Å²) < 4.78 is 10.6. The molecule has 3 unspecified atom stereocenters. The van der Waals surface area contributed by atoms with Crippen LogP contribution >= 0.6 is 0 Å². The topological polar surface area (TPSA) is 50.7 Å². The van der Waals surface area contributed by atoms with Gasteiger partial charge in [0, 0.05) is 12.6 Å². The molecule has 112 valence electrons. The molecule has 4 heteroatoms. The van der Waals surface area contributed by atoms with Gasteiger partial charge in [-0.2, -0.15) is 0 Å². The highest BCUT2D eigenvalue weighted by atomic mass is 16.5. The van der Waals surface area contributed by atoms with Crippen molar-refractivity contribution in [2.45, 2.75) is 38.3 Å². The third-order valence-corrected chi connectivity index (χ3v) is 3.98. The predicted octanol–water partition coefficient (Wildman–Crippen LogP) is 2.21. The van der Waals surface area contributed by atoms with Crippen LogP contribution in [0.25, 0.3) is 0 Å². The van der Waals surface area contributed by atoms with Crippen molar-refractivity contribution in [3.05, 3.63) is 24.3 Å². The largest absolute Gasteiger partial charge is 0.497 e. The summed E-state index contributed by atoms with van der Waals surface area (Å²) in [6, 6.07) is 7.93. The number of methoxy groups -OCH3 is 1. The standard InChI is InChI=1S/C16H25NO3/c1-12-4-3-5-16(12)17-10-13(18)11-20-15-8-6-14(19-2)7-9-15/h6-9,12-13,16-18H,3-5,10-11H2,1-2H3. The summed E-state index contributed by atoms with van der Waals surface area (Å²) in [6.45, 7) is 3.16. The van der Waals surface area contributed by atoms with Gasteiger partial charge in [-0.15, -0.1) is 0 Å². The number of aliphatic hydroxyl groups excluding tert-OH is 1. The van der Waals surface area contributed by atoms with Gasteiger partial charge in [-0.3, -0.25) is 0 Å². The number of ether oxygens (including phenoxy) is 2. The van der Waals surface area contributed by atoms with E-state index in [1.807, 2.05) is 24.3 Å². The molecule has 2 N–H and O–H groups in total. The Bertz CT molecular complexity index is 393. The maximum Gasteiger partial charge on any atom is 0.119 e. The average molecular weight is 279 g/mol. The van der Waals surface area contributed by atoms with Crippen molar-refractivity contribution in [2.75, 3.05) is 20.3 Å². The van der Waals surface area contributed by atoms with Crippen molar-refractivity contribution in [2.24, 2.45) is 5.92 Å². The van der Waals surface area contributed by atoms with E-state index in [0.717, 1.165) is 11.5 Å². The SMILES string of the molecule is COc1ccc(OCC(O)CNC2CCCC2C)cc1. The molecule has 2 rings (SSSR count). The monoisotopic (exact) mass is 279 g/mol.